The van der Waals surface area contributed by atoms with E-state index >= 15 is 0 Å². The van der Waals surface area contributed by atoms with Crippen LogP contribution >= 0.6 is 11.3 Å². The van der Waals surface area contributed by atoms with Crippen LogP contribution in [0.25, 0.3) is 0 Å². The number of hydrogen-bond acceptors (Lipinski definition) is 3. The molecule has 0 radical (unpaired) electrons. The minimum atomic E-state index is -0.567. The largest absolute Gasteiger partial charge is 0.390 e. The van der Waals surface area contributed by atoms with Gasteiger partial charge in [0.05, 0.1) is 5.60 Å². The monoisotopic (exact) mass is 241 g/mol. The zero-order chi connectivity index (χ0) is 12.2. The molecule has 0 aliphatic heterocycles. The van der Waals surface area contributed by atoms with E-state index in [-0.39, 0.29) is 0 Å². The molecule has 16 heavy (non-hydrogen) atoms. The molecule has 92 valence electrons. The van der Waals surface area contributed by atoms with Crippen LogP contribution < -0.4 is 0 Å². The zero-order valence-corrected chi connectivity index (χ0v) is 11.5. The molecule has 3 heteroatoms. The molecular formula is C13H23NOS. The molecule has 0 unspecified atom stereocenters. The van der Waals surface area contributed by atoms with Gasteiger partial charge in [-0.25, -0.2) is 0 Å². The molecule has 0 fully saturated rings. The van der Waals surface area contributed by atoms with Crippen LogP contribution in [0.4, 0.5) is 0 Å². The summed E-state index contributed by atoms with van der Waals surface area (Å²) in [6.07, 6.45) is 0.816. The number of hydrogen-bond donors (Lipinski definition) is 1. The van der Waals surface area contributed by atoms with Crippen molar-refractivity contribution in [2.45, 2.75) is 52.3 Å². The molecule has 1 N–H and O–H groups in total. The normalized spacial score (nSPS) is 12.7. The second-order valence-electron chi connectivity index (χ2n) is 5.21. The van der Waals surface area contributed by atoms with Crippen molar-refractivity contribution in [2.75, 3.05) is 6.54 Å². The van der Waals surface area contributed by atoms with E-state index in [2.05, 4.69) is 36.3 Å². The Labute approximate surface area is 103 Å². The van der Waals surface area contributed by atoms with Gasteiger partial charge < -0.3 is 5.11 Å². The van der Waals surface area contributed by atoms with Gasteiger partial charge in [0, 0.05) is 24.0 Å². The van der Waals surface area contributed by atoms with Gasteiger partial charge in [-0.15, -0.1) is 11.3 Å². The molecule has 1 rings (SSSR count). The summed E-state index contributed by atoms with van der Waals surface area (Å²) in [5.74, 6) is 0. The zero-order valence-electron chi connectivity index (χ0n) is 10.7. The summed E-state index contributed by atoms with van der Waals surface area (Å²) in [6.45, 7) is 10.1. The highest BCUT2D eigenvalue weighted by molar-refractivity contribution is 7.09. The van der Waals surface area contributed by atoms with Crippen molar-refractivity contribution in [1.29, 1.82) is 0 Å². The summed E-state index contributed by atoms with van der Waals surface area (Å²) in [5, 5.41) is 11.9. The second kappa shape index (κ2) is 5.80. The molecular weight excluding hydrogens is 218 g/mol. The first-order valence-corrected chi connectivity index (χ1v) is 6.75. The topological polar surface area (TPSA) is 23.5 Å². The van der Waals surface area contributed by atoms with Crippen molar-refractivity contribution in [2.24, 2.45) is 0 Å². The van der Waals surface area contributed by atoms with Crippen molar-refractivity contribution in [3.8, 4) is 0 Å². The number of aliphatic hydroxyl groups is 1. The average molecular weight is 241 g/mol. The Hall–Kier alpha value is -0.380. The maximum atomic E-state index is 9.75. The van der Waals surface area contributed by atoms with Gasteiger partial charge in [0.25, 0.3) is 0 Å². The lowest BCUT2D eigenvalue weighted by Gasteiger charge is -2.28. The Kier molecular flexibility index (Phi) is 4.96. The molecule has 2 nitrogen and oxygen atoms in total. The molecule has 1 heterocycles. The van der Waals surface area contributed by atoms with Gasteiger partial charge in [-0.1, -0.05) is 6.07 Å². The van der Waals surface area contributed by atoms with E-state index in [1.54, 1.807) is 11.3 Å². The van der Waals surface area contributed by atoms with E-state index in [1.165, 1.54) is 4.88 Å². The molecule has 1 aromatic rings. The van der Waals surface area contributed by atoms with E-state index in [4.69, 9.17) is 0 Å². The molecule has 0 bridgehead atoms. The van der Waals surface area contributed by atoms with Crippen LogP contribution in [0, 0.1) is 0 Å². The summed E-state index contributed by atoms with van der Waals surface area (Å²) >= 11 is 1.80. The summed E-state index contributed by atoms with van der Waals surface area (Å²) in [6, 6.07) is 4.78. The Morgan fingerprint density at radius 1 is 1.44 bits per heavy atom. The quantitative estimate of drug-likeness (QED) is 0.827. The second-order valence-corrected chi connectivity index (χ2v) is 6.24. The third kappa shape index (κ3) is 5.10. The highest BCUT2D eigenvalue weighted by Crippen LogP contribution is 2.16. The highest BCUT2D eigenvalue weighted by Gasteiger charge is 2.17. The Morgan fingerprint density at radius 2 is 2.12 bits per heavy atom. The SMILES string of the molecule is CC(C)N(CCC(C)(C)O)Cc1cccs1. The minimum absolute atomic E-state index is 0.518. The van der Waals surface area contributed by atoms with E-state index in [0.717, 1.165) is 19.5 Å². The van der Waals surface area contributed by atoms with Crippen LogP contribution in [0.5, 0.6) is 0 Å². The predicted molar refractivity (Wildman–Crippen MR) is 70.8 cm³/mol. The van der Waals surface area contributed by atoms with Crippen molar-refractivity contribution in [1.82, 2.24) is 4.90 Å². The van der Waals surface area contributed by atoms with Crippen LogP contribution in [0.2, 0.25) is 0 Å². The van der Waals surface area contributed by atoms with Crippen LogP contribution in [-0.2, 0) is 6.54 Å². The molecule has 1 aromatic heterocycles. The first-order chi connectivity index (χ1) is 7.38. The molecule has 0 aromatic carbocycles. The van der Waals surface area contributed by atoms with E-state index in [0.29, 0.717) is 6.04 Å². The lowest BCUT2D eigenvalue weighted by molar-refractivity contribution is 0.0519. The summed E-state index contributed by atoms with van der Waals surface area (Å²) in [7, 11) is 0. The molecule has 0 amide bonds. The lowest BCUT2D eigenvalue weighted by Crippen LogP contribution is -2.35. The fourth-order valence-electron chi connectivity index (χ4n) is 1.54. The van der Waals surface area contributed by atoms with Gasteiger partial charge in [0.1, 0.15) is 0 Å². The summed E-state index contributed by atoms with van der Waals surface area (Å²) < 4.78 is 0. The molecule has 0 saturated heterocycles. The lowest BCUT2D eigenvalue weighted by atomic mass is 10.1. The number of nitrogens with zero attached hydrogens (tertiary/aromatic N) is 1. The van der Waals surface area contributed by atoms with E-state index in [9.17, 15) is 5.11 Å². The van der Waals surface area contributed by atoms with Gasteiger partial charge in [-0.2, -0.15) is 0 Å². The number of thiophene rings is 1. The van der Waals surface area contributed by atoms with Gasteiger partial charge >= 0.3 is 0 Å². The summed E-state index contributed by atoms with van der Waals surface area (Å²) in [4.78, 5) is 3.80. The third-order valence-corrected chi connectivity index (χ3v) is 3.54. The van der Waals surface area contributed by atoms with Crippen LogP contribution in [-0.4, -0.2) is 28.2 Å². The Balaban J connectivity index is 2.48. The molecule has 0 aliphatic carbocycles. The van der Waals surface area contributed by atoms with Crippen LogP contribution in [0.15, 0.2) is 17.5 Å². The average Bonchev–Trinajstić information content (AvgIpc) is 2.62. The Morgan fingerprint density at radius 3 is 2.56 bits per heavy atom. The highest BCUT2D eigenvalue weighted by atomic mass is 32.1. The predicted octanol–water partition coefficient (Wildman–Crippen LogP) is 3.12. The standard InChI is InChI=1S/C13H23NOS/c1-11(2)14(8-7-13(3,4)15)10-12-6-5-9-16-12/h5-6,9,11,15H,7-8,10H2,1-4H3. The van der Waals surface area contributed by atoms with Crippen molar-refractivity contribution < 1.29 is 5.11 Å². The van der Waals surface area contributed by atoms with E-state index in [1.807, 2.05) is 13.8 Å². The number of rotatable bonds is 6. The fraction of sp³-hybridized carbons (Fsp3) is 0.692. The fourth-order valence-corrected chi connectivity index (χ4v) is 2.27. The first-order valence-electron chi connectivity index (χ1n) is 5.87. The van der Waals surface area contributed by atoms with E-state index < -0.39 is 5.60 Å². The van der Waals surface area contributed by atoms with Gasteiger partial charge in [0.2, 0.25) is 0 Å². The third-order valence-electron chi connectivity index (χ3n) is 2.68. The Bertz CT molecular complexity index is 287. The van der Waals surface area contributed by atoms with Crippen molar-refractivity contribution in [3.63, 3.8) is 0 Å². The smallest absolute Gasteiger partial charge is 0.0603 e. The maximum Gasteiger partial charge on any atom is 0.0603 e. The summed E-state index contributed by atoms with van der Waals surface area (Å²) in [5.41, 5.74) is -0.567. The molecule has 0 spiro atoms. The van der Waals surface area contributed by atoms with Gasteiger partial charge in [0.15, 0.2) is 0 Å². The molecule has 0 aliphatic rings. The van der Waals surface area contributed by atoms with Crippen molar-refractivity contribution in [3.05, 3.63) is 22.4 Å². The maximum absolute atomic E-state index is 9.75. The minimum Gasteiger partial charge on any atom is -0.390 e. The van der Waals surface area contributed by atoms with Crippen LogP contribution in [0.3, 0.4) is 0 Å². The van der Waals surface area contributed by atoms with Crippen molar-refractivity contribution >= 4 is 11.3 Å². The molecule has 0 saturated carbocycles. The van der Waals surface area contributed by atoms with Gasteiger partial charge in [-0.3, -0.25) is 4.90 Å². The van der Waals surface area contributed by atoms with Crippen LogP contribution in [0.1, 0.15) is 39.0 Å². The molecule has 0 atom stereocenters. The van der Waals surface area contributed by atoms with Gasteiger partial charge in [-0.05, 0) is 45.6 Å². The first kappa shape index (κ1) is 13.7.